The van der Waals surface area contributed by atoms with Crippen molar-refractivity contribution in [1.82, 2.24) is 10.1 Å². The maximum Gasteiger partial charge on any atom is 0.326 e. The molecular weight excluding hydrogens is 386 g/mol. The Bertz CT molecular complexity index is 1120. The molecule has 0 fully saturated rings. The van der Waals surface area contributed by atoms with Gasteiger partial charge in [0.25, 0.3) is 17.6 Å². The third kappa shape index (κ3) is 3.71. The van der Waals surface area contributed by atoms with Crippen molar-refractivity contribution in [2.75, 3.05) is 11.4 Å². The summed E-state index contributed by atoms with van der Waals surface area (Å²) in [5.74, 6) is -1.12. The van der Waals surface area contributed by atoms with E-state index in [2.05, 4.69) is 24.0 Å². The molecule has 0 bridgehead atoms. The largest absolute Gasteiger partial charge is 0.454 e. The molecule has 0 saturated heterocycles. The molecule has 8 heteroatoms. The van der Waals surface area contributed by atoms with Gasteiger partial charge in [-0.25, -0.2) is 0 Å². The van der Waals surface area contributed by atoms with E-state index in [9.17, 15) is 14.4 Å². The summed E-state index contributed by atoms with van der Waals surface area (Å²) in [5, 5.41) is 3.91. The fourth-order valence-electron chi connectivity index (χ4n) is 3.17. The van der Waals surface area contributed by atoms with Crippen LogP contribution in [0.15, 0.2) is 53.1 Å². The number of nitrogens with zero attached hydrogens (tertiary/aromatic N) is 3. The van der Waals surface area contributed by atoms with Gasteiger partial charge in [-0.15, -0.1) is 0 Å². The molecule has 0 aliphatic carbocycles. The molecule has 0 unspecified atom stereocenters. The molecule has 0 radical (unpaired) electrons. The quantitative estimate of drug-likeness (QED) is 0.458. The Morgan fingerprint density at radius 1 is 1.10 bits per heavy atom. The lowest BCUT2D eigenvalue weighted by atomic mass is 10.0. The van der Waals surface area contributed by atoms with Crippen molar-refractivity contribution in [3.8, 4) is 11.4 Å². The van der Waals surface area contributed by atoms with Crippen molar-refractivity contribution in [2.24, 2.45) is 0 Å². The summed E-state index contributed by atoms with van der Waals surface area (Å²) in [4.78, 5) is 41.6. The lowest BCUT2D eigenvalue weighted by Gasteiger charge is -2.14. The fraction of sp³-hybridized carbons (Fsp3) is 0.227. The molecule has 2 aromatic carbocycles. The molecule has 0 spiro atoms. The van der Waals surface area contributed by atoms with Crippen LogP contribution in [0.2, 0.25) is 0 Å². The zero-order valence-electron chi connectivity index (χ0n) is 16.5. The van der Waals surface area contributed by atoms with Gasteiger partial charge in [0.15, 0.2) is 6.61 Å². The van der Waals surface area contributed by atoms with Crippen LogP contribution >= 0.6 is 0 Å². The Morgan fingerprint density at radius 2 is 1.83 bits per heavy atom. The monoisotopic (exact) mass is 405 g/mol. The number of rotatable bonds is 6. The van der Waals surface area contributed by atoms with E-state index in [0.717, 1.165) is 10.5 Å². The highest BCUT2D eigenvalue weighted by molar-refractivity contribution is 6.52. The van der Waals surface area contributed by atoms with Gasteiger partial charge in [0.1, 0.15) is 6.54 Å². The molecule has 1 amide bonds. The molecule has 2 heterocycles. The average molecular weight is 405 g/mol. The van der Waals surface area contributed by atoms with Crippen molar-refractivity contribution in [1.29, 1.82) is 0 Å². The summed E-state index contributed by atoms with van der Waals surface area (Å²) in [6.07, 6.45) is 0. The van der Waals surface area contributed by atoms with E-state index in [-0.39, 0.29) is 24.6 Å². The van der Waals surface area contributed by atoms with E-state index < -0.39 is 17.7 Å². The third-order valence-corrected chi connectivity index (χ3v) is 4.83. The highest BCUT2D eigenvalue weighted by atomic mass is 16.6. The van der Waals surface area contributed by atoms with Crippen LogP contribution in [0.25, 0.3) is 11.4 Å². The molecule has 3 aromatic rings. The predicted molar refractivity (Wildman–Crippen MR) is 107 cm³/mol. The number of para-hydroxylation sites is 1. The number of benzene rings is 2. The lowest BCUT2D eigenvalue weighted by molar-refractivity contribution is -0.144. The second kappa shape index (κ2) is 7.90. The van der Waals surface area contributed by atoms with Crippen molar-refractivity contribution in [3.05, 3.63) is 65.5 Å². The molecular formula is C22H19N3O5. The first-order valence-electron chi connectivity index (χ1n) is 9.48. The number of fused-ring (bicyclic) bond motifs is 1. The van der Waals surface area contributed by atoms with Gasteiger partial charge in [-0.3, -0.25) is 19.3 Å². The van der Waals surface area contributed by atoms with Crippen molar-refractivity contribution < 1.29 is 23.6 Å². The number of Topliss-reactive ketones (excluding diaryl/α,β-unsaturated/α-hetero) is 1. The van der Waals surface area contributed by atoms with E-state index in [4.69, 9.17) is 9.26 Å². The van der Waals surface area contributed by atoms with Gasteiger partial charge in [-0.1, -0.05) is 55.4 Å². The van der Waals surface area contributed by atoms with Crippen LogP contribution in [0.4, 0.5) is 5.69 Å². The Balaban J connectivity index is 1.37. The van der Waals surface area contributed by atoms with E-state index in [1.54, 1.807) is 24.3 Å². The number of esters is 1. The zero-order valence-corrected chi connectivity index (χ0v) is 16.5. The predicted octanol–water partition coefficient (Wildman–Crippen LogP) is 3.13. The van der Waals surface area contributed by atoms with Crippen LogP contribution in [0.5, 0.6) is 0 Å². The lowest BCUT2D eigenvalue weighted by Crippen LogP contribution is -2.35. The fourth-order valence-corrected chi connectivity index (χ4v) is 3.17. The topological polar surface area (TPSA) is 103 Å². The van der Waals surface area contributed by atoms with Crippen LogP contribution in [-0.2, 0) is 20.9 Å². The van der Waals surface area contributed by atoms with Crippen LogP contribution in [0.1, 0.15) is 41.6 Å². The molecule has 0 atom stereocenters. The van der Waals surface area contributed by atoms with Gasteiger partial charge < -0.3 is 9.26 Å². The molecule has 1 aliphatic heterocycles. The van der Waals surface area contributed by atoms with Crippen molar-refractivity contribution >= 4 is 23.3 Å². The van der Waals surface area contributed by atoms with Crippen molar-refractivity contribution in [3.63, 3.8) is 0 Å². The standard InChI is InChI=1S/C22H19N3O5/c1-13(2)14-7-9-15(10-8-14)21-23-18(30-24-21)12-29-19(26)11-25-17-6-4-3-5-16(17)20(27)22(25)28/h3-10,13H,11-12H2,1-2H3. The number of ketones is 1. The molecule has 8 nitrogen and oxygen atoms in total. The maximum absolute atomic E-state index is 12.2. The van der Waals surface area contributed by atoms with Crippen LogP contribution < -0.4 is 4.90 Å². The molecule has 30 heavy (non-hydrogen) atoms. The Morgan fingerprint density at radius 3 is 2.57 bits per heavy atom. The zero-order chi connectivity index (χ0) is 21.3. The summed E-state index contributed by atoms with van der Waals surface area (Å²) in [6, 6.07) is 14.3. The number of carbonyl (C=O) groups is 3. The molecule has 1 aromatic heterocycles. The summed E-state index contributed by atoms with van der Waals surface area (Å²) in [5.41, 5.74) is 2.67. The van der Waals surface area contributed by atoms with E-state index in [1.807, 2.05) is 24.3 Å². The number of anilines is 1. The van der Waals surface area contributed by atoms with Crippen molar-refractivity contribution in [2.45, 2.75) is 26.4 Å². The minimum Gasteiger partial charge on any atom is -0.454 e. The van der Waals surface area contributed by atoms with Crippen LogP contribution in [0, 0.1) is 0 Å². The normalized spacial score (nSPS) is 13.1. The maximum atomic E-state index is 12.2. The van der Waals surface area contributed by atoms with Crippen LogP contribution in [-0.4, -0.2) is 34.3 Å². The number of amides is 1. The van der Waals surface area contributed by atoms with Gasteiger partial charge >= 0.3 is 5.97 Å². The first-order valence-corrected chi connectivity index (χ1v) is 9.48. The Kier molecular flexibility index (Phi) is 5.14. The minimum atomic E-state index is -0.752. The molecule has 0 saturated carbocycles. The summed E-state index contributed by atoms with van der Waals surface area (Å²) in [6.45, 7) is 3.62. The third-order valence-electron chi connectivity index (χ3n) is 4.83. The van der Waals surface area contributed by atoms with E-state index in [1.165, 1.54) is 5.56 Å². The van der Waals surface area contributed by atoms with Crippen LogP contribution in [0.3, 0.4) is 0 Å². The van der Waals surface area contributed by atoms with Gasteiger partial charge in [-0.05, 0) is 23.6 Å². The second-order valence-corrected chi connectivity index (χ2v) is 7.19. The van der Waals surface area contributed by atoms with Gasteiger partial charge in [0.05, 0.1) is 11.3 Å². The summed E-state index contributed by atoms with van der Waals surface area (Å²) >= 11 is 0. The first kappa shape index (κ1) is 19.5. The number of hydrogen-bond acceptors (Lipinski definition) is 7. The Labute approximate surface area is 172 Å². The van der Waals surface area contributed by atoms with Gasteiger partial charge in [0.2, 0.25) is 5.82 Å². The highest BCUT2D eigenvalue weighted by Gasteiger charge is 2.36. The second-order valence-electron chi connectivity index (χ2n) is 7.19. The summed E-state index contributed by atoms with van der Waals surface area (Å²) in [7, 11) is 0. The number of carbonyl (C=O) groups excluding carboxylic acids is 3. The highest BCUT2D eigenvalue weighted by Crippen LogP contribution is 2.28. The Hall–Kier alpha value is -3.81. The first-order chi connectivity index (χ1) is 14.4. The molecule has 1 aliphatic rings. The number of aromatic nitrogens is 2. The molecule has 0 N–H and O–H groups in total. The number of hydrogen-bond donors (Lipinski definition) is 0. The SMILES string of the molecule is CC(C)c1ccc(-c2noc(COC(=O)CN3C(=O)C(=O)c4ccccc43)n2)cc1. The van der Waals surface area contributed by atoms with E-state index >= 15 is 0 Å². The van der Waals surface area contributed by atoms with Gasteiger partial charge in [-0.2, -0.15) is 4.98 Å². The van der Waals surface area contributed by atoms with E-state index in [0.29, 0.717) is 17.4 Å². The van der Waals surface area contributed by atoms with Gasteiger partial charge in [0, 0.05) is 5.56 Å². The number of ether oxygens (including phenoxy) is 1. The molecule has 4 rings (SSSR count). The smallest absolute Gasteiger partial charge is 0.326 e. The summed E-state index contributed by atoms with van der Waals surface area (Å²) < 4.78 is 10.3. The minimum absolute atomic E-state index is 0.135. The molecule has 152 valence electrons. The average Bonchev–Trinajstić information content (AvgIpc) is 3.32.